The first-order chi connectivity index (χ1) is 9.97. The molecule has 2 aromatic rings. The topological polar surface area (TPSA) is 55.4 Å². The first-order valence-corrected chi connectivity index (χ1v) is 7.54. The van der Waals surface area contributed by atoms with Crippen LogP contribution in [-0.2, 0) is 16.6 Å². The maximum Gasteiger partial charge on any atom is 0.387 e. The van der Waals surface area contributed by atoms with Gasteiger partial charge in [-0.05, 0) is 29.8 Å². The Morgan fingerprint density at radius 3 is 2.43 bits per heavy atom. The molecule has 0 bridgehead atoms. The van der Waals surface area contributed by atoms with E-state index in [0.29, 0.717) is 5.56 Å². The first-order valence-electron chi connectivity index (χ1n) is 6.06. The molecule has 0 aliphatic heterocycles. The minimum absolute atomic E-state index is 0.0126. The van der Waals surface area contributed by atoms with Crippen LogP contribution >= 0.6 is 0 Å². The van der Waals surface area contributed by atoms with E-state index >= 15 is 0 Å². The maximum absolute atomic E-state index is 12.1. The molecule has 0 aromatic heterocycles. The lowest BCUT2D eigenvalue weighted by Crippen LogP contribution is -2.23. The van der Waals surface area contributed by atoms with Crippen LogP contribution in [0.25, 0.3) is 0 Å². The van der Waals surface area contributed by atoms with Gasteiger partial charge < -0.3 is 4.74 Å². The molecule has 0 heterocycles. The molecule has 0 fully saturated rings. The standard InChI is InChI=1S/C14H13F2NO3S/c15-14(16)20-12-6-4-5-11(9-12)10-17-21(18,19)13-7-2-1-3-8-13/h1-9,14,17H,10H2. The number of halogens is 2. The highest BCUT2D eigenvalue weighted by atomic mass is 32.2. The van der Waals surface area contributed by atoms with Crippen LogP contribution in [0.2, 0.25) is 0 Å². The summed E-state index contributed by atoms with van der Waals surface area (Å²) in [6.07, 6.45) is 0. The van der Waals surface area contributed by atoms with E-state index in [4.69, 9.17) is 0 Å². The lowest BCUT2D eigenvalue weighted by atomic mass is 10.2. The number of hydrogen-bond acceptors (Lipinski definition) is 3. The Balaban J connectivity index is 2.06. The van der Waals surface area contributed by atoms with Crippen molar-refractivity contribution < 1.29 is 21.9 Å². The number of hydrogen-bond donors (Lipinski definition) is 1. The van der Waals surface area contributed by atoms with E-state index in [0.717, 1.165) is 0 Å². The van der Waals surface area contributed by atoms with E-state index in [2.05, 4.69) is 9.46 Å². The van der Waals surface area contributed by atoms with Gasteiger partial charge in [0.2, 0.25) is 10.0 Å². The summed E-state index contributed by atoms with van der Waals surface area (Å²) in [4.78, 5) is 0.144. The molecule has 0 aliphatic rings. The van der Waals surface area contributed by atoms with Crippen LogP contribution in [0.5, 0.6) is 5.75 Å². The average Bonchev–Trinajstić information content (AvgIpc) is 2.46. The Kier molecular flexibility index (Phi) is 4.87. The number of ether oxygens (including phenoxy) is 1. The van der Waals surface area contributed by atoms with E-state index in [1.165, 1.54) is 30.3 Å². The Hall–Kier alpha value is -1.99. The predicted octanol–water partition coefficient (Wildman–Crippen LogP) is 2.77. The summed E-state index contributed by atoms with van der Waals surface area (Å²) >= 11 is 0. The van der Waals surface area contributed by atoms with E-state index in [-0.39, 0.29) is 17.2 Å². The zero-order valence-electron chi connectivity index (χ0n) is 10.9. The van der Waals surface area contributed by atoms with Gasteiger partial charge in [-0.1, -0.05) is 30.3 Å². The molecule has 1 N–H and O–H groups in total. The van der Waals surface area contributed by atoms with Crippen LogP contribution in [0, 0.1) is 0 Å². The SMILES string of the molecule is O=S(=O)(NCc1cccc(OC(F)F)c1)c1ccccc1. The quantitative estimate of drug-likeness (QED) is 0.892. The molecule has 0 radical (unpaired) electrons. The molecule has 4 nitrogen and oxygen atoms in total. The van der Waals surface area contributed by atoms with Gasteiger partial charge in [-0.15, -0.1) is 0 Å². The molecule has 7 heteroatoms. The van der Waals surface area contributed by atoms with Gasteiger partial charge in [0, 0.05) is 6.54 Å². The highest BCUT2D eigenvalue weighted by Crippen LogP contribution is 2.16. The van der Waals surface area contributed by atoms with Crippen LogP contribution in [0.1, 0.15) is 5.56 Å². The molecule has 0 atom stereocenters. The van der Waals surface area contributed by atoms with E-state index in [1.807, 2.05) is 0 Å². The van der Waals surface area contributed by atoms with Crippen LogP contribution in [-0.4, -0.2) is 15.0 Å². The van der Waals surface area contributed by atoms with Gasteiger partial charge in [-0.25, -0.2) is 13.1 Å². The largest absolute Gasteiger partial charge is 0.435 e. The van der Waals surface area contributed by atoms with Crippen molar-refractivity contribution in [2.75, 3.05) is 0 Å². The van der Waals surface area contributed by atoms with Crippen LogP contribution in [0.3, 0.4) is 0 Å². The minimum atomic E-state index is -3.63. The fourth-order valence-electron chi connectivity index (χ4n) is 1.69. The second-order valence-electron chi connectivity index (χ2n) is 4.16. The smallest absolute Gasteiger partial charge is 0.387 e. The van der Waals surface area contributed by atoms with E-state index in [9.17, 15) is 17.2 Å². The van der Waals surface area contributed by atoms with Crippen LogP contribution in [0.15, 0.2) is 59.5 Å². The zero-order valence-corrected chi connectivity index (χ0v) is 11.7. The van der Waals surface area contributed by atoms with Crippen molar-refractivity contribution in [3.05, 3.63) is 60.2 Å². The summed E-state index contributed by atoms with van der Waals surface area (Å²) in [5, 5.41) is 0. The Morgan fingerprint density at radius 2 is 1.76 bits per heavy atom. The third-order valence-corrected chi connectivity index (χ3v) is 4.06. The lowest BCUT2D eigenvalue weighted by Gasteiger charge is -2.09. The molecule has 0 spiro atoms. The first kappa shape index (κ1) is 15.4. The molecule has 0 saturated heterocycles. The molecule has 0 unspecified atom stereocenters. The van der Waals surface area contributed by atoms with Crippen molar-refractivity contribution >= 4 is 10.0 Å². The Labute approximate surface area is 121 Å². The summed E-state index contributed by atoms with van der Waals surface area (Å²) in [5.41, 5.74) is 0.521. The number of rotatable bonds is 6. The molecule has 2 rings (SSSR count). The van der Waals surface area contributed by atoms with Crippen molar-refractivity contribution in [1.29, 1.82) is 0 Å². The molecular formula is C14H13F2NO3S. The van der Waals surface area contributed by atoms with Gasteiger partial charge >= 0.3 is 6.61 Å². The van der Waals surface area contributed by atoms with Crippen molar-refractivity contribution in [3.8, 4) is 5.75 Å². The van der Waals surface area contributed by atoms with Gasteiger partial charge in [0.15, 0.2) is 0 Å². The highest BCUT2D eigenvalue weighted by molar-refractivity contribution is 7.89. The van der Waals surface area contributed by atoms with Crippen LogP contribution < -0.4 is 9.46 Å². The Bertz CT molecular complexity index is 690. The number of nitrogens with one attached hydrogen (secondary N) is 1. The third kappa shape index (κ3) is 4.51. The van der Waals surface area contributed by atoms with Gasteiger partial charge in [-0.2, -0.15) is 8.78 Å². The van der Waals surface area contributed by atoms with E-state index < -0.39 is 16.6 Å². The normalized spacial score (nSPS) is 11.6. The number of sulfonamides is 1. The van der Waals surface area contributed by atoms with Crippen molar-refractivity contribution in [2.24, 2.45) is 0 Å². The van der Waals surface area contributed by atoms with Crippen molar-refractivity contribution in [1.82, 2.24) is 4.72 Å². The second kappa shape index (κ2) is 6.64. The monoisotopic (exact) mass is 313 g/mol. The van der Waals surface area contributed by atoms with Gasteiger partial charge in [0.1, 0.15) is 5.75 Å². The molecule has 0 amide bonds. The molecular weight excluding hydrogens is 300 g/mol. The molecule has 0 saturated carbocycles. The summed E-state index contributed by atoms with van der Waals surface area (Å²) in [6, 6.07) is 13.8. The molecule has 112 valence electrons. The summed E-state index contributed by atoms with van der Waals surface area (Å²) in [6.45, 7) is -2.93. The number of benzene rings is 2. The third-order valence-electron chi connectivity index (χ3n) is 2.64. The van der Waals surface area contributed by atoms with Gasteiger partial charge in [0.25, 0.3) is 0 Å². The zero-order chi connectivity index (χ0) is 15.3. The fourth-order valence-corrected chi connectivity index (χ4v) is 2.73. The fraction of sp³-hybridized carbons (Fsp3) is 0.143. The van der Waals surface area contributed by atoms with E-state index in [1.54, 1.807) is 24.3 Å². The Morgan fingerprint density at radius 1 is 1.05 bits per heavy atom. The summed E-state index contributed by atoms with van der Waals surface area (Å²) in [7, 11) is -3.63. The lowest BCUT2D eigenvalue weighted by molar-refractivity contribution is -0.0498. The minimum Gasteiger partial charge on any atom is -0.435 e. The second-order valence-corrected chi connectivity index (χ2v) is 5.93. The van der Waals surface area contributed by atoms with Crippen LogP contribution in [0.4, 0.5) is 8.78 Å². The molecule has 21 heavy (non-hydrogen) atoms. The van der Waals surface area contributed by atoms with Gasteiger partial charge in [-0.3, -0.25) is 0 Å². The average molecular weight is 313 g/mol. The predicted molar refractivity (Wildman–Crippen MR) is 73.5 cm³/mol. The highest BCUT2D eigenvalue weighted by Gasteiger charge is 2.13. The summed E-state index contributed by atoms with van der Waals surface area (Å²) in [5.74, 6) is -0.0126. The maximum atomic E-state index is 12.1. The molecule has 0 aliphatic carbocycles. The van der Waals surface area contributed by atoms with Crippen molar-refractivity contribution in [2.45, 2.75) is 18.1 Å². The summed E-state index contributed by atoms with van der Waals surface area (Å²) < 4.78 is 54.9. The van der Waals surface area contributed by atoms with Gasteiger partial charge in [0.05, 0.1) is 4.90 Å². The number of alkyl halides is 2. The molecule has 2 aromatic carbocycles. The van der Waals surface area contributed by atoms with Crippen molar-refractivity contribution in [3.63, 3.8) is 0 Å².